The second-order valence-electron chi connectivity index (χ2n) is 5.11. The number of nitrogens with zero attached hydrogens (tertiary/aromatic N) is 1. The quantitative estimate of drug-likeness (QED) is 0.525. The van der Waals surface area contributed by atoms with Crippen molar-refractivity contribution in [1.82, 2.24) is 9.97 Å². The molecule has 0 bridgehead atoms. The second kappa shape index (κ2) is 5.60. The molecule has 0 unspecified atom stereocenters. The van der Waals surface area contributed by atoms with Crippen LogP contribution in [0, 0.1) is 6.92 Å². The number of fused-ring (bicyclic) bond motifs is 1. The number of halogens is 1. The largest absolute Gasteiger partial charge is 0.306 e. The molecule has 0 aliphatic heterocycles. The van der Waals surface area contributed by atoms with Crippen molar-refractivity contribution in [3.63, 3.8) is 0 Å². The Morgan fingerprint density at radius 2 is 1.96 bits per heavy atom. The summed E-state index contributed by atoms with van der Waals surface area (Å²) in [7, 11) is 0. The Bertz CT molecular complexity index is 1050. The van der Waals surface area contributed by atoms with Crippen molar-refractivity contribution in [2.24, 2.45) is 0 Å². The summed E-state index contributed by atoms with van der Waals surface area (Å²) in [4.78, 5) is 23.2. The molecular formula is C17H11ClN2OS2. The smallest absolute Gasteiger partial charge is 0.260 e. The molecule has 23 heavy (non-hydrogen) atoms. The van der Waals surface area contributed by atoms with Crippen molar-refractivity contribution >= 4 is 44.5 Å². The molecule has 3 nitrogen and oxygen atoms in total. The SMILES string of the molecule is Cc1sc2nc(-c3ccc(Cl)cc3)[nH]c(=O)c2c1-c1cccs1. The predicted molar refractivity (Wildman–Crippen MR) is 98.7 cm³/mol. The predicted octanol–water partition coefficient (Wildman–Crippen LogP) is 5.34. The van der Waals surface area contributed by atoms with Gasteiger partial charge in [-0.1, -0.05) is 17.7 Å². The minimum absolute atomic E-state index is 0.104. The molecule has 3 aromatic heterocycles. The Labute approximate surface area is 145 Å². The number of hydrogen-bond acceptors (Lipinski definition) is 4. The minimum Gasteiger partial charge on any atom is -0.306 e. The average Bonchev–Trinajstić information content (AvgIpc) is 3.14. The number of aromatic amines is 1. The number of aromatic nitrogens is 2. The van der Waals surface area contributed by atoms with Gasteiger partial charge in [0.05, 0.1) is 5.39 Å². The van der Waals surface area contributed by atoms with E-state index in [-0.39, 0.29) is 5.56 Å². The molecular weight excluding hydrogens is 348 g/mol. The highest BCUT2D eigenvalue weighted by atomic mass is 35.5. The van der Waals surface area contributed by atoms with Gasteiger partial charge in [-0.2, -0.15) is 0 Å². The van der Waals surface area contributed by atoms with E-state index in [2.05, 4.69) is 9.97 Å². The van der Waals surface area contributed by atoms with Gasteiger partial charge >= 0.3 is 0 Å². The molecule has 0 spiro atoms. The topological polar surface area (TPSA) is 45.8 Å². The lowest BCUT2D eigenvalue weighted by Crippen LogP contribution is -2.08. The third-order valence-corrected chi connectivity index (χ3v) is 5.76. The van der Waals surface area contributed by atoms with Crippen LogP contribution in [0.25, 0.3) is 32.0 Å². The monoisotopic (exact) mass is 358 g/mol. The molecule has 0 aliphatic carbocycles. The molecule has 4 rings (SSSR count). The molecule has 0 aliphatic rings. The van der Waals surface area contributed by atoms with Gasteiger partial charge in [0.15, 0.2) is 0 Å². The maximum absolute atomic E-state index is 12.7. The Hall–Kier alpha value is -1.95. The van der Waals surface area contributed by atoms with E-state index >= 15 is 0 Å². The summed E-state index contributed by atoms with van der Waals surface area (Å²) in [5.74, 6) is 0.568. The maximum Gasteiger partial charge on any atom is 0.260 e. The van der Waals surface area contributed by atoms with Crippen LogP contribution in [-0.4, -0.2) is 9.97 Å². The highest BCUT2D eigenvalue weighted by Crippen LogP contribution is 2.38. The standard InChI is InChI=1S/C17H11ClN2OS2/c1-9-13(12-3-2-8-22-12)14-16(21)19-15(20-17(14)23-9)10-4-6-11(18)7-5-10/h2-8H,1H3,(H,19,20,21). The van der Waals surface area contributed by atoms with E-state index in [1.807, 2.05) is 36.6 Å². The van der Waals surface area contributed by atoms with Crippen LogP contribution in [0.3, 0.4) is 0 Å². The second-order valence-corrected chi connectivity index (χ2v) is 7.70. The van der Waals surface area contributed by atoms with Crippen molar-refractivity contribution in [3.05, 3.63) is 62.0 Å². The lowest BCUT2D eigenvalue weighted by molar-refractivity contribution is 1.19. The zero-order chi connectivity index (χ0) is 16.0. The molecule has 0 atom stereocenters. The lowest BCUT2D eigenvalue weighted by Gasteiger charge is -2.02. The third-order valence-electron chi connectivity index (χ3n) is 3.62. The van der Waals surface area contributed by atoms with Crippen LogP contribution in [0.15, 0.2) is 46.6 Å². The van der Waals surface area contributed by atoms with E-state index in [1.54, 1.807) is 34.8 Å². The van der Waals surface area contributed by atoms with E-state index in [4.69, 9.17) is 11.6 Å². The summed E-state index contributed by atoms with van der Waals surface area (Å²) in [5, 5.41) is 3.35. The highest BCUT2D eigenvalue weighted by Gasteiger charge is 2.17. The van der Waals surface area contributed by atoms with Crippen molar-refractivity contribution in [2.45, 2.75) is 6.92 Å². The highest BCUT2D eigenvalue weighted by molar-refractivity contribution is 7.20. The van der Waals surface area contributed by atoms with Gasteiger partial charge in [-0.25, -0.2) is 4.98 Å². The normalized spacial score (nSPS) is 11.2. The molecule has 1 aromatic carbocycles. The molecule has 0 amide bonds. The van der Waals surface area contributed by atoms with Crippen LogP contribution in [0.2, 0.25) is 5.02 Å². The van der Waals surface area contributed by atoms with Crippen LogP contribution in [-0.2, 0) is 0 Å². The van der Waals surface area contributed by atoms with Gasteiger partial charge in [-0.3, -0.25) is 4.79 Å². The first-order valence-corrected chi connectivity index (χ1v) is 9.04. The van der Waals surface area contributed by atoms with Gasteiger partial charge in [-0.15, -0.1) is 22.7 Å². The Kier molecular flexibility index (Phi) is 3.56. The molecule has 3 heterocycles. The Morgan fingerprint density at radius 3 is 2.65 bits per heavy atom. The number of aryl methyl sites for hydroxylation is 1. The molecule has 4 aromatic rings. The fourth-order valence-electron chi connectivity index (χ4n) is 2.58. The lowest BCUT2D eigenvalue weighted by atomic mass is 10.1. The van der Waals surface area contributed by atoms with Gasteiger partial charge < -0.3 is 4.98 Å². The summed E-state index contributed by atoms with van der Waals surface area (Å²) in [6, 6.07) is 11.3. The summed E-state index contributed by atoms with van der Waals surface area (Å²) in [5.41, 5.74) is 1.74. The molecule has 0 saturated carbocycles. The van der Waals surface area contributed by atoms with E-state index in [0.29, 0.717) is 16.2 Å². The average molecular weight is 359 g/mol. The van der Waals surface area contributed by atoms with Crippen molar-refractivity contribution in [1.29, 1.82) is 0 Å². The van der Waals surface area contributed by atoms with Crippen LogP contribution >= 0.6 is 34.3 Å². The van der Waals surface area contributed by atoms with E-state index < -0.39 is 0 Å². The zero-order valence-electron chi connectivity index (χ0n) is 12.1. The van der Waals surface area contributed by atoms with Gasteiger partial charge in [0.25, 0.3) is 5.56 Å². The molecule has 0 radical (unpaired) electrons. The third kappa shape index (κ3) is 2.51. The minimum atomic E-state index is -0.104. The maximum atomic E-state index is 12.7. The van der Waals surface area contributed by atoms with Gasteiger partial charge in [0.1, 0.15) is 10.7 Å². The van der Waals surface area contributed by atoms with E-state index in [1.165, 1.54) is 0 Å². The van der Waals surface area contributed by atoms with Gasteiger partial charge in [0, 0.05) is 25.9 Å². The number of rotatable bonds is 2. The molecule has 0 fully saturated rings. The molecule has 114 valence electrons. The Balaban J connectivity index is 1.97. The first-order chi connectivity index (χ1) is 11.1. The first kappa shape index (κ1) is 14.6. The van der Waals surface area contributed by atoms with Crippen LogP contribution in [0.1, 0.15) is 4.88 Å². The summed E-state index contributed by atoms with van der Waals surface area (Å²) < 4.78 is 0. The molecule has 0 saturated heterocycles. The van der Waals surface area contributed by atoms with Crippen molar-refractivity contribution < 1.29 is 0 Å². The first-order valence-electron chi connectivity index (χ1n) is 6.97. The van der Waals surface area contributed by atoms with Crippen molar-refractivity contribution in [2.75, 3.05) is 0 Å². The van der Waals surface area contributed by atoms with Crippen molar-refractivity contribution in [3.8, 4) is 21.8 Å². The number of hydrogen-bond donors (Lipinski definition) is 1. The number of H-pyrrole nitrogens is 1. The Morgan fingerprint density at radius 1 is 1.17 bits per heavy atom. The molecule has 1 N–H and O–H groups in total. The molecule has 6 heteroatoms. The summed E-state index contributed by atoms with van der Waals surface area (Å²) >= 11 is 9.10. The van der Waals surface area contributed by atoms with Gasteiger partial charge in [-0.05, 0) is 42.6 Å². The zero-order valence-corrected chi connectivity index (χ0v) is 14.5. The number of thiophene rings is 2. The van der Waals surface area contributed by atoms with Crippen LogP contribution in [0.5, 0.6) is 0 Å². The summed E-state index contributed by atoms with van der Waals surface area (Å²) in [6.45, 7) is 2.03. The van der Waals surface area contributed by atoms with Gasteiger partial charge in [0.2, 0.25) is 0 Å². The summed E-state index contributed by atoms with van der Waals surface area (Å²) in [6.07, 6.45) is 0. The van der Waals surface area contributed by atoms with Crippen LogP contribution < -0.4 is 5.56 Å². The fraction of sp³-hybridized carbons (Fsp3) is 0.0588. The number of nitrogens with one attached hydrogen (secondary N) is 1. The fourth-order valence-corrected chi connectivity index (χ4v) is 4.64. The van der Waals surface area contributed by atoms with E-state index in [0.717, 1.165) is 25.7 Å². The van der Waals surface area contributed by atoms with E-state index in [9.17, 15) is 4.79 Å². The number of benzene rings is 1. The van der Waals surface area contributed by atoms with Crippen LogP contribution in [0.4, 0.5) is 0 Å².